The predicted molar refractivity (Wildman–Crippen MR) is 93.2 cm³/mol. The zero-order valence-corrected chi connectivity index (χ0v) is 15.3. The van der Waals surface area contributed by atoms with Crippen LogP contribution in [0.3, 0.4) is 0 Å². The summed E-state index contributed by atoms with van der Waals surface area (Å²) in [7, 11) is 0. The number of hydrogen-bond donors (Lipinski definition) is 1. The third-order valence-electron chi connectivity index (χ3n) is 3.64. The van der Waals surface area contributed by atoms with Crippen molar-refractivity contribution in [2.75, 3.05) is 5.32 Å². The molecular weight excluding hydrogens is 432 g/mol. The first-order chi connectivity index (χ1) is 12.7. The SMILES string of the molecule is Cc1cc(NC(=O)c2nnn(-c3ccc(F)cc3)c2C(F)(F)F)ccc1Br. The van der Waals surface area contributed by atoms with Gasteiger partial charge in [-0.05, 0) is 55.0 Å². The quantitative estimate of drug-likeness (QED) is 0.595. The van der Waals surface area contributed by atoms with E-state index in [4.69, 9.17) is 0 Å². The molecule has 0 unspecified atom stereocenters. The Balaban J connectivity index is 2.01. The van der Waals surface area contributed by atoms with E-state index in [9.17, 15) is 22.4 Å². The minimum absolute atomic E-state index is 0.0743. The third-order valence-corrected chi connectivity index (χ3v) is 4.53. The van der Waals surface area contributed by atoms with Crippen LogP contribution in [0.25, 0.3) is 5.69 Å². The molecular formula is C17H11BrF4N4O. The highest BCUT2D eigenvalue weighted by Crippen LogP contribution is 2.33. The molecule has 3 aromatic rings. The molecule has 1 aromatic heterocycles. The second-order valence-corrected chi connectivity index (χ2v) is 6.45. The van der Waals surface area contributed by atoms with E-state index in [1.54, 1.807) is 19.1 Å². The summed E-state index contributed by atoms with van der Waals surface area (Å²) >= 11 is 3.30. The predicted octanol–water partition coefficient (Wildman–Crippen LogP) is 4.75. The fourth-order valence-corrected chi connectivity index (χ4v) is 2.61. The van der Waals surface area contributed by atoms with Crippen LogP contribution >= 0.6 is 15.9 Å². The molecule has 140 valence electrons. The summed E-state index contributed by atoms with van der Waals surface area (Å²) in [6.07, 6.45) is -4.90. The summed E-state index contributed by atoms with van der Waals surface area (Å²) in [5.74, 6) is -1.67. The molecule has 2 aromatic carbocycles. The van der Waals surface area contributed by atoms with Gasteiger partial charge in [-0.3, -0.25) is 4.79 Å². The standard InChI is InChI=1S/C17H11BrF4N4O/c1-9-8-11(4-7-13(9)18)23-16(27)14-15(17(20,21)22)26(25-24-14)12-5-2-10(19)3-6-12/h2-8H,1H3,(H,23,27). The van der Waals surface area contributed by atoms with E-state index in [-0.39, 0.29) is 5.69 Å². The topological polar surface area (TPSA) is 59.8 Å². The highest BCUT2D eigenvalue weighted by Gasteiger charge is 2.42. The van der Waals surface area contributed by atoms with Gasteiger partial charge in [0.2, 0.25) is 0 Å². The zero-order chi connectivity index (χ0) is 19.8. The van der Waals surface area contributed by atoms with Crippen molar-refractivity contribution in [3.05, 3.63) is 69.7 Å². The summed E-state index contributed by atoms with van der Waals surface area (Å²) in [6, 6.07) is 8.98. The van der Waals surface area contributed by atoms with Gasteiger partial charge in [0.15, 0.2) is 11.4 Å². The van der Waals surface area contributed by atoms with Gasteiger partial charge in [0.1, 0.15) is 5.82 Å². The third kappa shape index (κ3) is 4.00. The maximum atomic E-state index is 13.6. The van der Waals surface area contributed by atoms with Crippen molar-refractivity contribution in [3.8, 4) is 5.69 Å². The van der Waals surface area contributed by atoms with Crippen LogP contribution in [0.2, 0.25) is 0 Å². The van der Waals surface area contributed by atoms with E-state index >= 15 is 0 Å². The second-order valence-electron chi connectivity index (χ2n) is 5.59. The number of benzene rings is 2. The maximum Gasteiger partial charge on any atom is 0.435 e. The number of nitrogens with one attached hydrogen (secondary N) is 1. The summed E-state index contributed by atoms with van der Waals surface area (Å²) in [4.78, 5) is 12.4. The molecule has 1 heterocycles. The number of carbonyl (C=O) groups is 1. The van der Waals surface area contributed by atoms with Crippen LogP contribution in [-0.2, 0) is 6.18 Å². The number of anilines is 1. The first-order valence-corrected chi connectivity index (χ1v) is 8.32. The number of halogens is 5. The molecule has 0 saturated carbocycles. The molecule has 0 aliphatic heterocycles. The largest absolute Gasteiger partial charge is 0.435 e. The van der Waals surface area contributed by atoms with E-state index in [0.717, 1.165) is 34.3 Å². The number of amides is 1. The van der Waals surface area contributed by atoms with Crippen molar-refractivity contribution in [1.29, 1.82) is 0 Å². The summed E-state index contributed by atoms with van der Waals surface area (Å²) in [5.41, 5.74) is -1.20. The molecule has 0 atom stereocenters. The Hall–Kier alpha value is -2.75. The monoisotopic (exact) mass is 442 g/mol. The van der Waals surface area contributed by atoms with E-state index in [1.807, 2.05) is 0 Å². The molecule has 0 aliphatic carbocycles. The van der Waals surface area contributed by atoms with Gasteiger partial charge in [0, 0.05) is 10.2 Å². The van der Waals surface area contributed by atoms with Gasteiger partial charge in [-0.1, -0.05) is 21.1 Å². The average Bonchev–Trinajstić information content (AvgIpc) is 3.04. The lowest BCUT2D eigenvalue weighted by molar-refractivity contribution is -0.143. The van der Waals surface area contributed by atoms with Gasteiger partial charge in [0.05, 0.1) is 5.69 Å². The minimum Gasteiger partial charge on any atom is -0.321 e. The van der Waals surface area contributed by atoms with Crippen molar-refractivity contribution in [2.45, 2.75) is 13.1 Å². The molecule has 3 rings (SSSR count). The molecule has 0 aliphatic rings. The molecule has 1 amide bonds. The lowest BCUT2D eigenvalue weighted by atomic mass is 10.2. The zero-order valence-electron chi connectivity index (χ0n) is 13.7. The van der Waals surface area contributed by atoms with E-state index in [1.165, 1.54) is 6.07 Å². The van der Waals surface area contributed by atoms with Crippen LogP contribution in [0.4, 0.5) is 23.2 Å². The lowest BCUT2D eigenvalue weighted by Crippen LogP contribution is -2.21. The van der Waals surface area contributed by atoms with E-state index < -0.39 is 29.3 Å². The van der Waals surface area contributed by atoms with Crippen LogP contribution < -0.4 is 5.32 Å². The number of nitrogens with zero attached hydrogens (tertiary/aromatic N) is 3. The smallest absolute Gasteiger partial charge is 0.321 e. The number of carbonyl (C=O) groups excluding carboxylic acids is 1. The van der Waals surface area contributed by atoms with Crippen molar-refractivity contribution >= 4 is 27.5 Å². The Kier molecular flexibility index (Phi) is 5.01. The van der Waals surface area contributed by atoms with Crippen LogP contribution in [-0.4, -0.2) is 20.9 Å². The van der Waals surface area contributed by atoms with Crippen molar-refractivity contribution in [3.63, 3.8) is 0 Å². The van der Waals surface area contributed by atoms with Crippen molar-refractivity contribution in [2.24, 2.45) is 0 Å². The van der Waals surface area contributed by atoms with Gasteiger partial charge in [-0.15, -0.1) is 5.10 Å². The molecule has 0 spiro atoms. The Morgan fingerprint density at radius 2 is 1.81 bits per heavy atom. The number of rotatable bonds is 3. The average molecular weight is 443 g/mol. The van der Waals surface area contributed by atoms with Crippen molar-refractivity contribution in [1.82, 2.24) is 15.0 Å². The fraction of sp³-hybridized carbons (Fsp3) is 0.118. The first kappa shape index (κ1) is 19.0. The summed E-state index contributed by atoms with van der Waals surface area (Å²) < 4.78 is 55.0. The molecule has 0 fully saturated rings. The van der Waals surface area contributed by atoms with Gasteiger partial charge in [0.25, 0.3) is 5.91 Å². The number of hydrogen-bond acceptors (Lipinski definition) is 3. The van der Waals surface area contributed by atoms with Gasteiger partial charge in [-0.2, -0.15) is 13.2 Å². The van der Waals surface area contributed by atoms with Gasteiger partial charge in [-0.25, -0.2) is 9.07 Å². The molecule has 10 heteroatoms. The summed E-state index contributed by atoms with van der Waals surface area (Å²) in [6.45, 7) is 1.77. The first-order valence-electron chi connectivity index (χ1n) is 7.53. The van der Waals surface area contributed by atoms with E-state index in [0.29, 0.717) is 10.4 Å². The number of alkyl halides is 3. The second kappa shape index (κ2) is 7.10. The van der Waals surface area contributed by atoms with E-state index in [2.05, 4.69) is 31.6 Å². The Labute approximate surface area is 159 Å². The van der Waals surface area contributed by atoms with Crippen LogP contribution in [0, 0.1) is 12.7 Å². The summed E-state index contributed by atoms with van der Waals surface area (Å²) in [5, 5.41) is 9.21. The molecule has 5 nitrogen and oxygen atoms in total. The normalized spacial score (nSPS) is 11.5. The Bertz CT molecular complexity index is 999. The molecule has 27 heavy (non-hydrogen) atoms. The Morgan fingerprint density at radius 3 is 2.41 bits per heavy atom. The highest BCUT2D eigenvalue weighted by atomic mass is 79.9. The Morgan fingerprint density at radius 1 is 1.15 bits per heavy atom. The van der Waals surface area contributed by atoms with Crippen molar-refractivity contribution < 1.29 is 22.4 Å². The van der Waals surface area contributed by atoms with Gasteiger partial charge < -0.3 is 5.32 Å². The number of aryl methyl sites for hydroxylation is 1. The van der Waals surface area contributed by atoms with Crippen LogP contribution in [0.1, 0.15) is 21.7 Å². The van der Waals surface area contributed by atoms with Gasteiger partial charge >= 0.3 is 6.18 Å². The molecule has 0 radical (unpaired) electrons. The molecule has 0 saturated heterocycles. The molecule has 0 bridgehead atoms. The lowest BCUT2D eigenvalue weighted by Gasteiger charge is -2.11. The molecule has 1 N–H and O–H groups in total. The number of aromatic nitrogens is 3. The maximum absolute atomic E-state index is 13.6. The van der Waals surface area contributed by atoms with Crippen LogP contribution in [0.5, 0.6) is 0 Å². The van der Waals surface area contributed by atoms with Crippen LogP contribution in [0.15, 0.2) is 46.9 Å². The highest BCUT2D eigenvalue weighted by molar-refractivity contribution is 9.10. The minimum atomic E-state index is -4.90. The fourth-order valence-electron chi connectivity index (χ4n) is 2.36.